The fourth-order valence-corrected chi connectivity index (χ4v) is 18.5. The quantitative estimate of drug-likeness (QED) is 0.263. The van der Waals surface area contributed by atoms with Crippen LogP contribution in [0.25, 0.3) is 0 Å². The molecule has 0 aromatic heterocycles. The summed E-state index contributed by atoms with van der Waals surface area (Å²) in [6.45, 7) is 17.6. The van der Waals surface area contributed by atoms with Crippen LogP contribution < -0.4 is 10.4 Å². The maximum Gasteiger partial charge on any atom is 0.261 e. The number of hydrogen-bond donors (Lipinski definition) is 1. The van der Waals surface area contributed by atoms with Gasteiger partial charge in [-0.25, -0.2) is 0 Å². The average molecular weight is 685 g/mol. The number of fused-ring (bicyclic) bond motifs is 6. The molecule has 266 valence electrons. The summed E-state index contributed by atoms with van der Waals surface area (Å²) in [5.41, 5.74) is 0.0893. The maximum absolute atomic E-state index is 12.4. The predicted octanol–water partition coefficient (Wildman–Crippen LogP) is 7.83. The average Bonchev–Trinajstić information content (AvgIpc) is 3.65. The zero-order valence-corrected chi connectivity index (χ0v) is 32.0. The Kier molecular flexibility index (Phi) is 7.31. The highest BCUT2D eigenvalue weighted by molar-refractivity contribution is 6.99. The fourth-order valence-electron chi connectivity index (χ4n) is 13.8. The highest BCUT2D eigenvalue weighted by Crippen LogP contribution is 2.77. The van der Waals surface area contributed by atoms with Crippen LogP contribution in [0.3, 0.4) is 0 Å². The SMILES string of the molecule is C[C@@H]1CC[C@@]2(OC1)O[C@@]1(O)C[C@H]3[C@@H]4CC5OC56C[C@@H](O[Si](c5ccccc5)(c5ccccc5)C(C)(C)C)CC[C@]6(C)[C@H]4CC[C@]3(C)[C@H]1[C@@H]2C. The van der Waals surface area contributed by atoms with Crippen LogP contribution in [0, 0.1) is 46.3 Å². The molecule has 2 spiro atoms. The molecule has 0 amide bonds. The van der Waals surface area contributed by atoms with Gasteiger partial charge in [0.05, 0.1) is 12.7 Å². The van der Waals surface area contributed by atoms with Gasteiger partial charge in [-0.15, -0.1) is 0 Å². The molecule has 5 nitrogen and oxygen atoms in total. The standard InChI is InChI=1S/C43H60O5Si/c1-28-18-23-43(45-27-28)29(2)37-39(6)21-20-34-33(35(39)26-42(37,44)48-43)24-36-41(46-36)25-30(19-22-40(34,41)7)47-49(38(3,4)5,31-14-10-8-11-15-31)32-16-12-9-13-17-32/h8-17,28-30,33-37,44H,18-27H2,1-7H3/t28-,29+,30+,33-,34+,35+,36?,37-,39+,40-,41?,42+,43-/m1/s1. The van der Waals surface area contributed by atoms with Crippen molar-refractivity contribution in [3.8, 4) is 0 Å². The zero-order chi connectivity index (χ0) is 34.2. The highest BCUT2D eigenvalue weighted by Gasteiger charge is 2.80. The van der Waals surface area contributed by atoms with Gasteiger partial charge in [0, 0.05) is 42.6 Å². The Morgan fingerprint density at radius 3 is 2.12 bits per heavy atom. The summed E-state index contributed by atoms with van der Waals surface area (Å²) in [6, 6.07) is 22.3. The van der Waals surface area contributed by atoms with Crippen LogP contribution in [0.4, 0.5) is 0 Å². The number of rotatable bonds is 4. The minimum absolute atomic E-state index is 0.0388. The molecule has 6 heteroatoms. The summed E-state index contributed by atoms with van der Waals surface area (Å²) in [5, 5.41) is 15.1. The molecular weight excluding hydrogens is 625 g/mol. The second kappa shape index (κ2) is 10.8. The van der Waals surface area contributed by atoms with Crippen molar-refractivity contribution in [2.75, 3.05) is 6.61 Å². The van der Waals surface area contributed by atoms with Gasteiger partial charge in [-0.2, -0.15) is 0 Å². The molecule has 0 bridgehead atoms. The van der Waals surface area contributed by atoms with E-state index in [2.05, 4.69) is 109 Å². The third-order valence-electron chi connectivity index (χ3n) is 16.1. The lowest BCUT2D eigenvalue weighted by molar-refractivity contribution is -0.331. The van der Waals surface area contributed by atoms with Gasteiger partial charge in [-0.1, -0.05) is 109 Å². The predicted molar refractivity (Wildman–Crippen MR) is 195 cm³/mol. The van der Waals surface area contributed by atoms with E-state index in [1.807, 2.05) is 0 Å². The van der Waals surface area contributed by atoms with Gasteiger partial charge in [0.15, 0.2) is 11.6 Å². The molecule has 4 saturated carbocycles. The molecule has 13 atom stereocenters. The van der Waals surface area contributed by atoms with Crippen molar-refractivity contribution in [3.63, 3.8) is 0 Å². The van der Waals surface area contributed by atoms with Crippen molar-refractivity contribution in [3.05, 3.63) is 60.7 Å². The van der Waals surface area contributed by atoms with Crippen molar-refractivity contribution in [2.45, 2.75) is 141 Å². The number of epoxide rings is 1. The van der Waals surface area contributed by atoms with Crippen LogP contribution >= 0.6 is 0 Å². The first-order valence-corrected chi connectivity index (χ1v) is 21.7. The van der Waals surface area contributed by atoms with E-state index >= 15 is 0 Å². The Hall–Kier alpha value is -1.54. The normalized spacial score (nSPS) is 48.7. The highest BCUT2D eigenvalue weighted by atomic mass is 28.4. The van der Waals surface area contributed by atoms with Crippen molar-refractivity contribution >= 4 is 18.7 Å². The molecule has 2 aromatic rings. The molecule has 9 rings (SSSR count). The Labute approximate surface area is 296 Å². The van der Waals surface area contributed by atoms with Gasteiger partial charge in [-0.3, -0.25) is 0 Å². The van der Waals surface area contributed by atoms with Crippen LogP contribution in [0.15, 0.2) is 60.7 Å². The van der Waals surface area contributed by atoms with E-state index in [0.29, 0.717) is 23.7 Å². The molecule has 7 aliphatic rings. The second-order valence-corrected chi connectivity index (χ2v) is 23.7. The van der Waals surface area contributed by atoms with Crippen molar-refractivity contribution < 1.29 is 23.7 Å². The van der Waals surface area contributed by atoms with Crippen LogP contribution in [0.1, 0.15) is 106 Å². The Bertz CT molecular complexity index is 1530. The van der Waals surface area contributed by atoms with E-state index in [1.165, 1.54) is 16.8 Å². The second-order valence-electron chi connectivity index (χ2n) is 19.4. The smallest absolute Gasteiger partial charge is 0.261 e. The van der Waals surface area contributed by atoms with Crippen LogP contribution in [0.2, 0.25) is 5.04 Å². The van der Waals surface area contributed by atoms with Crippen LogP contribution in [0.5, 0.6) is 0 Å². The first kappa shape index (κ1) is 33.3. The van der Waals surface area contributed by atoms with E-state index < -0.39 is 19.9 Å². The first-order chi connectivity index (χ1) is 23.2. The summed E-state index contributed by atoms with van der Waals surface area (Å²) >= 11 is 0. The molecule has 0 radical (unpaired) electrons. The minimum atomic E-state index is -2.65. The first-order valence-electron chi connectivity index (χ1n) is 19.7. The van der Waals surface area contributed by atoms with E-state index in [1.54, 1.807) is 0 Å². The van der Waals surface area contributed by atoms with E-state index in [4.69, 9.17) is 18.6 Å². The van der Waals surface area contributed by atoms with Gasteiger partial charge in [0.25, 0.3) is 8.32 Å². The molecule has 3 aliphatic heterocycles. The lowest BCUT2D eigenvalue weighted by Crippen LogP contribution is -2.68. The van der Waals surface area contributed by atoms with E-state index in [9.17, 15) is 5.11 Å². The number of ether oxygens (including phenoxy) is 3. The van der Waals surface area contributed by atoms with Gasteiger partial charge < -0.3 is 23.7 Å². The molecule has 2 aromatic carbocycles. The largest absolute Gasteiger partial charge is 0.404 e. The van der Waals surface area contributed by atoms with Crippen molar-refractivity contribution in [1.82, 2.24) is 0 Å². The summed E-state index contributed by atoms with van der Waals surface area (Å²) in [4.78, 5) is 0. The Balaban J connectivity index is 0.993. The summed E-state index contributed by atoms with van der Waals surface area (Å²) in [6.07, 6.45) is 9.92. The number of hydrogen-bond acceptors (Lipinski definition) is 5. The molecular formula is C43H60O5Si. The van der Waals surface area contributed by atoms with Gasteiger partial charge in [0.2, 0.25) is 0 Å². The van der Waals surface area contributed by atoms with E-state index in [0.717, 1.165) is 58.0 Å². The minimum Gasteiger partial charge on any atom is -0.404 e. The summed E-state index contributed by atoms with van der Waals surface area (Å²) in [7, 11) is -2.65. The molecule has 3 saturated heterocycles. The van der Waals surface area contributed by atoms with Crippen LogP contribution in [-0.2, 0) is 18.6 Å². The van der Waals surface area contributed by atoms with E-state index in [-0.39, 0.29) is 45.5 Å². The topological polar surface area (TPSA) is 60.5 Å². The molecule has 2 unspecified atom stereocenters. The third kappa shape index (κ3) is 4.40. The fraction of sp³-hybridized carbons (Fsp3) is 0.721. The van der Waals surface area contributed by atoms with Gasteiger partial charge in [-0.05, 0) is 83.0 Å². The molecule has 4 aliphatic carbocycles. The number of benzene rings is 2. The zero-order valence-electron chi connectivity index (χ0n) is 31.0. The maximum atomic E-state index is 12.4. The summed E-state index contributed by atoms with van der Waals surface area (Å²) in [5.74, 6) is 0.790. The third-order valence-corrected chi connectivity index (χ3v) is 21.2. The van der Waals surface area contributed by atoms with Crippen molar-refractivity contribution in [1.29, 1.82) is 0 Å². The lowest BCUT2D eigenvalue weighted by atomic mass is 9.44. The molecule has 3 heterocycles. The number of aliphatic hydroxyl groups is 1. The molecule has 7 fully saturated rings. The van der Waals surface area contributed by atoms with Gasteiger partial charge in [0.1, 0.15) is 5.60 Å². The Morgan fingerprint density at radius 1 is 0.837 bits per heavy atom. The lowest BCUT2D eigenvalue weighted by Gasteiger charge is -2.60. The monoisotopic (exact) mass is 684 g/mol. The van der Waals surface area contributed by atoms with Crippen molar-refractivity contribution in [2.24, 2.45) is 46.3 Å². The Morgan fingerprint density at radius 2 is 1.51 bits per heavy atom. The van der Waals surface area contributed by atoms with Gasteiger partial charge >= 0.3 is 0 Å². The molecule has 1 N–H and O–H groups in total. The van der Waals surface area contributed by atoms with Crippen LogP contribution in [-0.4, -0.2) is 49.4 Å². The summed E-state index contributed by atoms with van der Waals surface area (Å²) < 4.78 is 28.1. The molecule has 49 heavy (non-hydrogen) atoms.